The molecule has 1 aromatic carbocycles. The number of aliphatic hydroxyl groups excluding tert-OH is 1. The zero-order valence-electron chi connectivity index (χ0n) is 12.9. The van der Waals surface area contributed by atoms with Crippen molar-refractivity contribution in [3.8, 4) is 17.2 Å². The summed E-state index contributed by atoms with van der Waals surface area (Å²) < 4.78 is 22.9. The molecule has 0 aromatic heterocycles. The molecule has 122 valence electrons. The summed E-state index contributed by atoms with van der Waals surface area (Å²) in [6, 6.07) is 2.49. The Labute approximate surface area is 133 Å². The van der Waals surface area contributed by atoms with Gasteiger partial charge in [0.15, 0.2) is 11.5 Å². The van der Waals surface area contributed by atoms with Gasteiger partial charge < -0.3 is 24.1 Å². The standard InChI is InChI=1S/C17H19NO5/c1-20-13-8-6-18-3-2-17(9(8)4-11-15(13)22-7-21-11)12(18)5-10(19)14-16(17)23-14/h4,10,12,14,16,19H,2-3,5-7H2,1H3/t10-,12-,14+,16+,17+/m1/s1. The Morgan fingerprint density at radius 1 is 1.39 bits per heavy atom. The molecule has 3 fully saturated rings. The molecular formula is C17H19NO5. The molecule has 4 heterocycles. The number of methoxy groups -OCH3 is 1. The van der Waals surface area contributed by atoms with Crippen LogP contribution in [0.4, 0.5) is 0 Å². The van der Waals surface area contributed by atoms with Gasteiger partial charge >= 0.3 is 0 Å². The molecule has 6 atom stereocenters. The van der Waals surface area contributed by atoms with E-state index in [0.717, 1.165) is 43.2 Å². The normalized spacial score (nSPS) is 44.3. The highest BCUT2D eigenvalue weighted by Gasteiger charge is 2.70. The van der Waals surface area contributed by atoms with Gasteiger partial charge in [-0.15, -0.1) is 0 Å². The van der Waals surface area contributed by atoms with Crippen LogP contribution in [-0.4, -0.2) is 54.8 Å². The summed E-state index contributed by atoms with van der Waals surface area (Å²) >= 11 is 0. The van der Waals surface area contributed by atoms with Crippen LogP contribution >= 0.6 is 0 Å². The first kappa shape index (κ1) is 12.9. The predicted octanol–water partition coefficient (Wildman–Crippen LogP) is 0.782. The maximum absolute atomic E-state index is 10.3. The summed E-state index contributed by atoms with van der Waals surface area (Å²) in [6.45, 7) is 2.12. The van der Waals surface area contributed by atoms with Crippen molar-refractivity contribution < 1.29 is 24.1 Å². The van der Waals surface area contributed by atoms with Gasteiger partial charge in [0.25, 0.3) is 0 Å². The highest BCUT2D eigenvalue weighted by atomic mass is 16.7. The van der Waals surface area contributed by atoms with Crippen molar-refractivity contribution in [1.82, 2.24) is 4.90 Å². The van der Waals surface area contributed by atoms with E-state index < -0.39 is 0 Å². The summed E-state index contributed by atoms with van der Waals surface area (Å²) in [5, 5.41) is 10.3. The minimum Gasteiger partial charge on any atom is -0.492 e. The Kier molecular flexibility index (Phi) is 2.20. The Morgan fingerprint density at radius 3 is 3.17 bits per heavy atom. The van der Waals surface area contributed by atoms with Crippen molar-refractivity contribution in [3.05, 3.63) is 17.2 Å². The molecule has 1 saturated carbocycles. The zero-order valence-corrected chi connectivity index (χ0v) is 12.9. The van der Waals surface area contributed by atoms with Crippen LogP contribution in [0.25, 0.3) is 0 Å². The lowest BCUT2D eigenvalue weighted by atomic mass is 9.63. The smallest absolute Gasteiger partial charge is 0.231 e. The molecule has 1 aliphatic carbocycles. The number of hydrogen-bond acceptors (Lipinski definition) is 6. The number of epoxide rings is 1. The molecule has 0 spiro atoms. The maximum atomic E-state index is 10.3. The van der Waals surface area contributed by atoms with Crippen LogP contribution in [0.15, 0.2) is 6.07 Å². The summed E-state index contributed by atoms with van der Waals surface area (Å²) in [4.78, 5) is 2.48. The second-order valence-electron chi connectivity index (χ2n) is 7.27. The van der Waals surface area contributed by atoms with Gasteiger partial charge in [-0.25, -0.2) is 0 Å². The van der Waals surface area contributed by atoms with Crippen molar-refractivity contribution in [2.75, 3.05) is 20.4 Å². The molecule has 4 aliphatic heterocycles. The third-order valence-corrected chi connectivity index (χ3v) is 6.51. The minimum atomic E-state index is -0.337. The lowest BCUT2D eigenvalue weighted by molar-refractivity contribution is 0.0580. The van der Waals surface area contributed by atoms with E-state index in [2.05, 4.69) is 11.0 Å². The van der Waals surface area contributed by atoms with E-state index in [1.165, 1.54) is 11.1 Å². The Balaban J connectivity index is 1.61. The van der Waals surface area contributed by atoms with Crippen LogP contribution in [0, 0.1) is 0 Å². The van der Waals surface area contributed by atoms with Crippen molar-refractivity contribution in [1.29, 1.82) is 0 Å². The Morgan fingerprint density at radius 2 is 2.30 bits per heavy atom. The average molecular weight is 317 g/mol. The lowest BCUT2D eigenvalue weighted by Gasteiger charge is -2.46. The predicted molar refractivity (Wildman–Crippen MR) is 78.9 cm³/mol. The molecule has 1 unspecified atom stereocenters. The Bertz CT molecular complexity index is 721. The summed E-state index contributed by atoms with van der Waals surface area (Å²) in [5.41, 5.74) is 2.46. The van der Waals surface area contributed by atoms with Gasteiger partial charge in [-0.3, -0.25) is 4.90 Å². The number of fused-ring (bicyclic) bond motifs is 3. The zero-order chi connectivity index (χ0) is 15.3. The van der Waals surface area contributed by atoms with Crippen LogP contribution < -0.4 is 14.2 Å². The fourth-order valence-corrected chi connectivity index (χ4v) is 5.56. The largest absolute Gasteiger partial charge is 0.492 e. The van der Waals surface area contributed by atoms with Gasteiger partial charge in [-0.05, 0) is 31.0 Å². The third-order valence-electron chi connectivity index (χ3n) is 6.51. The van der Waals surface area contributed by atoms with E-state index in [9.17, 15) is 5.11 Å². The van der Waals surface area contributed by atoms with Crippen molar-refractivity contribution >= 4 is 0 Å². The van der Waals surface area contributed by atoms with Crippen LogP contribution in [0.5, 0.6) is 17.2 Å². The molecular weight excluding hydrogens is 298 g/mol. The highest BCUT2D eigenvalue weighted by molar-refractivity contribution is 5.64. The van der Waals surface area contributed by atoms with E-state index in [-0.39, 0.29) is 30.5 Å². The van der Waals surface area contributed by atoms with Crippen LogP contribution in [-0.2, 0) is 16.7 Å². The number of benzene rings is 1. The molecule has 6 rings (SSSR count). The topological polar surface area (TPSA) is 63.7 Å². The molecule has 6 nitrogen and oxygen atoms in total. The monoisotopic (exact) mass is 317 g/mol. The second-order valence-corrected chi connectivity index (χ2v) is 7.27. The van der Waals surface area contributed by atoms with Gasteiger partial charge in [-0.2, -0.15) is 0 Å². The van der Waals surface area contributed by atoms with Crippen LogP contribution in [0.1, 0.15) is 24.0 Å². The Hall–Kier alpha value is -1.50. The van der Waals surface area contributed by atoms with E-state index in [0.29, 0.717) is 6.04 Å². The number of nitrogens with zero attached hydrogens (tertiary/aromatic N) is 1. The fourth-order valence-electron chi connectivity index (χ4n) is 5.56. The van der Waals surface area contributed by atoms with Crippen molar-refractivity contribution in [2.45, 2.75) is 49.2 Å². The molecule has 23 heavy (non-hydrogen) atoms. The molecule has 1 aromatic rings. The molecule has 6 heteroatoms. The van der Waals surface area contributed by atoms with Gasteiger partial charge in [0.2, 0.25) is 12.5 Å². The minimum absolute atomic E-state index is 0.00596. The first-order valence-corrected chi connectivity index (χ1v) is 8.31. The lowest BCUT2D eigenvalue weighted by Crippen LogP contribution is -2.55. The number of hydrogen-bond donors (Lipinski definition) is 1. The SMILES string of the molecule is COc1c2c(cc3c1OCO3)[C@@]13CCN(C2)[C@@H]1C[C@@H](O)[C@@H]1O[C@@H]13. The highest BCUT2D eigenvalue weighted by Crippen LogP contribution is 2.62. The second kappa shape index (κ2) is 3.94. The molecule has 0 radical (unpaired) electrons. The van der Waals surface area contributed by atoms with Gasteiger partial charge in [-0.1, -0.05) is 0 Å². The van der Waals surface area contributed by atoms with Crippen LogP contribution in [0.2, 0.25) is 0 Å². The number of rotatable bonds is 1. The molecule has 2 bridgehead atoms. The maximum Gasteiger partial charge on any atom is 0.231 e. The van der Waals surface area contributed by atoms with Crippen molar-refractivity contribution in [3.63, 3.8) is 0 Å². The summed E-state index contributed by atoms with van der Waals surface area (Å²) in [6.07, 6.45) is 1.63. The van der Waals surface area contributed by atoms with Gasteiger partial charge in [0.1, 0.15) is 6.10 Å². The number of aliphatic hydroxyl groups is 1. The fraction of sp³-hybridized carbons (Fsp3) is 0.647. The van der Waals surface area contributed by atoms with Crippen LogP contribution in [0.3, 0.4) is 0 Å². The van der Waals surface area contributed by atoms with Crippen molar-refractivity contribution in [2.24, 2.45) is 0 Å². The molecule has 0 amide bonds. The molecule has 2 saturated heterocycles. The van der Waals surface area contributed by atoms with E-state index in [4.69, 9.17) is 18.9 Å². The van der Waals surface area contributed by atoms with E-state index in [1.54, 1.807) is 7.11 Å². The average Bonchev–Trinajstić information content (AvgIpc) is 3.17. The summed E-state index contributed by atoms with van der Waals surface area (Å²) in [7, 11) is 1.69. The van der Waals surface area contributed by atoms with Gasteiger partial charge in [0.05, 0.1) is 19.3 Å². The van der Waals surface area contributed by atoms with E-state index in [1.807, 2.05) is 0 Å². The van der Waals surface area contributed by atoms with E-state index >= 15 is 0 Å². The number of ether oxygens (including phenoxy) is 4. The van der Waals surface area contributed by atoms with Gasteiger partial charge in [0, 0.05) is 23.6 Å². The summed E-state index contributed by atoms with van der Waals surface area (Å²) in [5.74, 6) is 2.31. The molecule has 5 aliphatic rings. The molecule has 1 N–H and O–H groups in total. The first-order chi connectivity index (χ1) is 11.2. The third kappa shape index (κ3) is 1.33. The quantitative estimate of drug-likeness (QED) is 0.773. The first-order valence-electron chi connectivity index (χ1n) is 8.31.